The lowest BCUT2D eigenvalue weighted by molar-refractivity contribution is 0.138. The molecule has 18 heavy (non-hydrogen) atoms. The Morgan fingerprint density at radius 2 is 1.78 bits per heavy atom. The van der Waals surface area contributed by atoms with Gasteiger partial charge in [-0.25, -0.2) is 4.98 Å². The van der Waals surface area contributed by atoms with Crippen molar-refractivity contribution in [2.75, 3.05) is 19.6 Å². The molecule has 1 aromatic rings. The number of nitrogens with zero attached hydrogens (tertiary/aromatic N) is 4. The van der Waals surface area contributed by atoms with Crippen molar-refractivity contribution in [3.63, 3.8) is 0 Å². The van der Waals surface area contributed by atoms with Crippen LogP contribution in [0, 0.1) is 11.8 Å². The van der Waals surface area contributed by atoms with Gasteiger partial charge in [0.05, 0.1) is 0 Å². The third-order valence-corrected chi connectivity index (χ3v) is 3.77. The fraction of sp³-hybridized carbons (Fsp3) is 0.857. The lowest BCUT2D eigenvalue weighted by Crippen LogP contribution is -2.39. The van der Waals surface area contributed by atoms with Crippen LogP contribution < -0.4 is 0 Å². The summed E-state index contributed by atoms with van der Waals surface area (Å²) in [4.78, 5) is 6.60. The molecule has 0 amide bonds. The van der Waals surface area contributed by atoms with E-state index in [0.717, 1.165) is 18.4 Å². The van der Waals surface area contributed by atoms with Gasteiger partial charge in [0.2, 0.25) is 0 Å². The zero-order valence-electron chi connectivity index (χ0n) is 11.8. The van der Waals surface area contributed by atoms with E-state index in [4.69, 9.17) is 0 Å². The zero-order chi connectivity index (χ0) is 12.8. The molecule has 0 N–H and O–H groups in total. The minimum Gasteiger partial charge on any atom is -0.303 e. The summed E-state index contributed by atoms with van der Waals surface area (Å²) < 4.78 is 1.92. The molecule has 2 heterocycles. The van der Waals surface area contributed by atoms with Gasteiger partial charge in [0.25, 0.3) is 0 Å². The molecular weight excluding hydrogens is 224 g/mol. The fourth-order valence-electron chi connectivity index (χ4n) is 3.11. The van der Waals surface area contributed by atoms with Gasteiger partial charge in [-0.05, 0) is 37.6 Å². The van der Waals surface area contributed by atoms with Crippen LogP contribution in [0.1, 0.15) is 39.5 Å². The van der Waals surface area contributed by atoms with Crippen LogP contribution in [0.5, 0.6) is 0 Å². The number of rotatable bonds is 6. The monoisotopic (exact) mass is 250 g/mol. The van der Waals surface area contributed by atoms with Gasteiger partial charge in [0.15, 0.2) is 0 Å². The highest BCUT2D eigenvalue weighted by Gasteiger charge is 2.20. The van der Waals surface area contributed by atoms with Crippen LogP contribution in [0.4, 0.5) is 0 Å². The third-order valence-electron chi connectivity index (χ3n) is 3.77. The van der Waals surface area contributed by atoms with E-state index >= 15 is 0 Å². The molecule has 0 unspecified atom stereocenters. The van der Waals surface area contributed by atoms with Crippen LogP contribution in [-0.4, -0.2) is 39.3 Å². The second kappa shape index (κ2) is 6.88. The first-order valence-corrected chi connectivity index (χ1v) is 7.29. The van der Waals surface area contributed by atoms with Crippen molar-refractivity contribution < 1.29 is 0 Å². The zero-order valence-corrected chi connectivity index (χ0v) is 11.8. The normalized spacial score (nSPS) is 25.4. The predicted molar refractivity (Wildman–Crippen MR) is 73.3 cm³/mol. The number of hydrogen-bond acceptors (Lipinski definition) is 3. The number of piperidine rings is 1. The van der Waals surface area contributed by atoms with Gasteiger partial charge in [0.1, 0.15) is 12.7 Å². The molecule has 102 valence electrons. The third kappa shape index (κ3) is 4.41. The summed E-state index contributed by atoms with van der Waals surface area (Å²) in [6.07, 6.45) is 8.63. The van der Waals surface area contributed by atoms with E-state index in [1.54, 1.807) is 12.7 Å². The first-order valence-electron chi connectivity index (χ1n) is 7.29. The first-order chi connectivity index (χ1) is 8.74. The van der Waals surface area contributed by atoms with Gasteiger partial charge < -0.3 is 4.90 Å². The van der Waals surface area contributed by atoms with Crippen molar-refractivity contribution in [1.29, 1.82) is 0 Å². The smallest absolute Gasteiger partial charge is 0.137 e. The van der Waals surface area contributed by atoms with Crippen LogP contribution >= 0.6 is 0 Å². The fourth-order valence-corrected chi connectivity index (χ4v) is 3.11. The first kappa shape index (κ1) is 13.5. The Morgan fingerprint density at radius 1 is 1.06 bits per heavy atom. The maximum absolute atomic E-state index is 4.12. The molecule has 2 rings (SSSR count). The number of aryl methyl sites for hydroxylation is 1. The van der Waals surface area contributed by atoms with Gasteiger partial charge in [0, 0.05) is 19.6 Å². The molecule has 1 aliphatic heterocycles. The van der Waals surface area contributed by atoms with Crippen LogP contribution in [-0.2, 0) is 6.54 Å². The molecular formula is C14H26N4. The molecule has 1 saturated heterocycles. The van der Waals surface area contributed by atoms with Gasteiger partial charge in [-0.15, -0.1) is 0 Å². The van der Waals surface area contributed by atoms with E-state index in [9.17, 15) is 0 Å². The number of hydrogen-bond donors (Lipinski definition) is 0. The van der Waals surface area contributed by atoms with Gasteiger partial charge in [-0.2, -0.15) is 5.10 Å². The summed E-state index contributed by atoms with van der Waals surface area (Å²) in [5.41, 5.74) is 0. The van der Waals surface area contributed by atoms with Crippen LogP contribution in [0.15, 0.2) is 12.7 Å². The SMILES string of the molecule is C[C@@H]1C[C@H](C)CN(CCCCCn2cncn2)C1. The maximum atomic E-state index is 4.12. The molecule has 0 bridgehead atoms. The van der Waals surface area contributed by atoms with Crippen molar-refractivity contribution >= 4 is 0 Å². The van der Waals surface area contributed by atoms with E-state index in [1.165, 1.54) is 45.3 Å². The molecule has 4 nitrogen and oxygen atoms in total. The Labute approximate surface area is 110 Å². The molecule has 2 atom stereocenters. The molecule has 1 aliphatic rings. The lowest BCUT2D eigenvalue weighted by atomic mass is 9.92. The van der Waals surface area contributed by atoms with E-state index in [1.807, 2.05) is 4.68 Å². The molecule has 0 saturated carbocycles. The average Bonchev–Trinajstić information content (AvgIpc) is 2.80. The number of aromatic nitrogens is 3. The molecule has 0 aromatic carbocycles. The average molecular weight is 250 g/mol. The molecule has 0 aliphatic carbocycles. The lowest BCUT2D eigenvalue weighted by Gasteiger charge is -2.34. The molecule has 0 spiro atoms. The van der Waals surface area contributed by atoms with E-state index in [-0.39, 0.29) is 0 Å². The summed E-state index contributed by atoms with van der Waals surface area (Å²) in [7, 11) is 0. The van der Waals surface area contributed by atoms with E-state index in [0.29, 0.717) is 0 Å². The maximum Gasteiger partial charge on any atom is 0.137 e. The molecule has 4 heteroatoms. The van der Waals surface area contributed by atoms with Crippen LogP contribution in [0.3, 0.4) is 0 Å². The number of unbranched alkanes of at least 4 members (excludes halogenated alkanes) is 2. The van der Waals surface area contributed by atoms with Crippen molar-refractivity contribution in [3.05, 3.63) is 12.7 Å². The summed E-state index contributed by atoms with van der Waals surface area (Å²) in [6, 6.07) is 0. The Morgan fingerprint density at radius 3 is 2.44 bits per heavy atom. The van der Waals surface area contributed by atoms with Crippen molar-refractivity contribution in [1.82, 2.24) is 19.7 Å². The second-order valence-electron chi connectivity index (χ2n) is 5.92. The van der Waals surface area contributed by atoms with Crippen LogP contribution in [0.2, 0.25) is 0 Å². The topological polar surface area (TPSA) is 34.0 Å². The predicted octanol–water partition coefficient (Wildman–Crippen LogP) is 2.43. The molecule has 0 radical (unpaired) electrons. The standard InChI is InChI=1S/C14H26N4/c1-13-8-14(2)10-17(9-13)6-4-3-5-7-18-12-15-11-16-18/h11-14H,3-10H2,1-2H3/t13-,14+. The molecule has 1 fully saturated rings. The van der Waals surface area contributed by atoms with Gasteiger partial charge in [-0.1, -0.05) is 20.3 Å². The van der Waals surface area contributed by atoms with Gasteiger partial charge in [-0.3, -0.25) is 4.68 Å². The quantitative estimate of drug-likeness (QED) is 0.727. The molecule has 1 aromatic heterocycles. The van der Waals surface area contributed by atoms with E-state index < -0.39 is 0 Å². The summed E-state index contributed by atoms with van der Waals surface area (Å²) in [6.45, 7) is 9.64. The van der Waals surface area contributed by atoms with Crippen molar-refractivity contribution in [3.8, 4) is 0 Å². The van der Waals surface area contributed by atoms with E-state index in [2.05, 4.69) is 28.8 Å². The minimum atomic E-state index is 0.879. The summed E-state index contributed by atoms with van der Waals surface area (Å²) in [5, 5.41) is 4.12. The Hall–Kier alpha value is -0.900. The minimum absolute atomic E-state index is 0.879. The second-order valence-corrected chi connectivity index (χ2v) is 5.92. The van der Waals surface area contributed by atoms with Crippen molar-refractivity contribution in [2.24, 2.45) is 11.8 Å². The number of likely N-dealkylation sites (tertiary alicyclic amines) is 1. The Kier molecular flexibility index (Phi) is 5.17. The van der Waals surface area contributed by atoms with Gasteiger partial charge >= 0.3 is 0 Å². The van der Waals surface area contributed by atoms with Crippen molar-refractivity contribution in [2.45, 2.75) is 46.1 Å². The van der Waals surface area contributed by atoms with Crippen LogP contribution in [0.25, 0.3) is 0 Å². The largest absolute Gasteiger partial charge is 0.303 e. The summed E-state index contributed by atoms with van der Waals surface area (Å²) >= 11 is 0. The Balaban J connectivity index is 1.55. The summed E-state index contributed by atoms with van der Waals surface area (Å²) in [5.74, 6) is 1.76. The highest BCUT2D eigenvalue weighted by molar-refractivity contribution is 4.74. The highest BCUT2D eigenvalue weighted by atomic mass is 15.3. The Bertz CT molecular complexity index is 313. The highest BCUT2D eigenvalue weighted by Crippen LogP contribution is 2.21.